The zero-order chi connectivity index (χ0) is 25.4. The van der Waals surface area contributed by atoms with Gasteiger partial charge in [0.05, 0.1) is 19.3 Å². The third-order valence-corrected chi connectivity index (χ3v) is 7.40. The number of carbonyl (C=O) groups is 2. The summed E-state index contributed by atoms with van der Waals surface area (Å²) in [7, 11) is 1.39. The van der Waals surface area contributed by atoms with Crippen molar-refractivity contribution >= 4 is 33.8 Å². The fraction of sp³-hybridized carbons (Fsp3) is 0.345. The topological polar surface area (TPSA) is 90.0 Å². The Morgan fingerprint density at radius 1 is 1.03 bits per heavy atom. The number of piperidine rings is 1. The second-order valence-corrected chi connectivity index (χ2v) is 9.44. The Kier molecular flexibility index (Phi) is 6.39. The molecule has 0 spiro atoms. The molecule has 0 aliphatic carbocycles. The van der Waals surface area contributed by atoms with E-state index in [-0.39, 0.29) is 24.2 Å². The Bertz CT molecular complexity index is 1510. The number of nitrogens with zero attached hydrogens (tertiary/aromatic N) is 1. The largest absolute Gasteiger partial charge is 0.469 e. The number of furan rings is 1. The first-order chi connectivity index (χ1) is 17.4. The first-order valence-corrected chi connectivity index (χ1v) is 12.3. The molecule has 1 aliphatic rings. The normalized spacial score (nSPS) is 14.5. The number of likely N-dealkylation sites (tertiary alicyclic amines) is 1. The van der Waals surface area contributed by atoms with Gasteiger partial charge < -0.3 is 18.5 Å². The summed E-state index contributed by atoms with van der Waals surface area (Å²) in [5, 5.41) is 1.80. The van der Waals surface area contributed by atoms with Gasteiger partial charge in [0.1, 0.15) is 11.2 Å². The predicted molar refractivity (Wildman–Crippen MR) is 137 cm³/mol. The van der Waals surface area contributed by atoms with Crippen molar-refractivity contribution in [3.8, 4) is 11.1 Å². The molecule has 186 valence electrons. The number of hydrogen-bond acceptors (Lipinski definition) is 6. The molecule has 36 heavy (non-hydrogen) atoms. The number of esters is 1. The second kappa shape index (κ2) is 9.64. The third-order valence-electron chi connectivity index (χ3n) is 7.40. The molecule has 1 amide bonds. The molecule has 1 saturated heterocycles. The number of benzene rings is 2. The van der Waals surface area contributed by atoms with Crippen LogP contribution in [0, 0.1) is 19.8 Å². The zero-order valence-electron chi connectivity index (χ0n) is 20.8. The maximum atomic E-state index is 12.9. The van der Waals surface area contributed by atoms with Gasteiger partial charge in [0.25, 0.3) is 0 Å². The Morgan fingerprint density at radius 3 is 2.44 bits per heavy atom. The molecule has 7 heteroatoms. The lowest BCUT2D eigenvalue weighted by molar-refractivity contribution is -0.148. The Balaban J connectivity index is 1.42. The SMILES string of the molecule is COC(=O)C1CCN(C(=O)CCc2c(C)c3cc4c(-c5ccccc5)coc4c(C)c3oc2=O)CC1. The number of methoxy groups -OCH3 is 1. The van der Waals surface area contributed by atoms with Crippen LogP contribution >= 0.6 is 0 Å². The molecule has 0 bridgehead atoms. The van der Waals surface area contributed by atoms with Crippen LogP contribution in [-0.4, -0.2) is 37.0 Å². The minimum atomic E-state index is -0.422. The number of fused-ring (bicyclic) bond motifs is 2. The maximum absolute atomic E-state index is 12.9. The second-order valence-electron chi connectivity index (χ2n) is 9.44. The van der Waals surface area contributed by atoms with Gasteiger partial charge in [-0.3, -0.25) is 9.59 Å². The molecule has 2 aromatic carbocycles. The first kappa shape index (κ1) is 23.9. The van der Waals surface area contributed by atoms with Crippen LogP contribution in [0.1, 0.15) is 36.0 Å². The summed E-state index contributed by atoms with van der Waals surface area (Å²) in [6.07, 6.45) is 3.44. The molecule has 5 rings (SSSR count). The van der Waals surface area contributed by atoms with Gasteiger partial charge >= 0.3 is 11.6 Å². The lowest BCUT2D eigenvalue weighted by Gasteiger charge is -2.30. The van der Waals surface area contributed by atoms with E-state index in [9.17, 15) is 14.4 Å². The summed E-state index contributed by atoms with van der Waals surface area (Å²) in [4.78, 5) is 39.3. The lowest BCUT2D eigenvalue weighted by atomic mass is 9.95. The van der Waals surface area contributed by atoms with E-state index >= 15 is 0 Å². The van der Waals surface area contributed by atoms with E-state index in [0.29, 0.717) is 49.1 Å². The standard InChI is InChI=1S/C29H29NO6/c1-17-21(9-10-25(31)30-13-11-20(12-14-30)28(32)34-3)29(33)36-27-18(2)26-23(15-22(17)27)24(16-35-26)19-7-5-4-6-8-19/h4-8,15-16,20H,9-14H2,1-3H3. The van der Waals surface area contributed by atoms with Gasteiger partial charge in [-0.15, -0.1) is 0 Å². The van der Waals surface area contributed by atoms with Crippen LogP contribution in [0.4, 0.5) is 0 Å². The van der Waals surface area contributed by atoms with Crippen molar-refractivity contribution in [1.82, 2.24) is 4.90 Å². The Morgan fingerprint density at radius 2 is 1.75 bits per heavy atom. The average molecular weight is 488 g/mol. The predicted octanol–water partition coefficient (Wildman–Crippen LogP) is 5.17. The van der Waals surface area contributed by atoms with Crippen LogP contribution in [0.5, 0.6) is 0 Å². The van der Waals surface area contributed by atoms with Crippen molar-refractivity contribution in [3.63, 3.8) is 0 Å². The van der Waals surface area contributed by atoms with Crippen LogP contribution < -0.4 is 5.63 Å². The zero-order valence-corrected chi connectivity index (χ0v) is 20.8. The highest BCUT2D eigenvalue weighted by Gasteiger charge is 2.28. The molecule has 3 heterocycles. The van der Waals surface area contributed by atoms with E-state index in [1.807, 2.05) is 50.2 Å². The molecule has 1 fully saturated rings. The van der Waals surface area contributed by atoms with E-state index in [2.05, 4.69) is 0 Å². The van der Waals surface area contributed by atoms with Crippen molar-refractivity contribution in [1.29, 1.82) is 0 Å². The maximum Gasteiger partial charge on any atom is 0.339 e. The highest BCUT2D eigenvalue weighted by atomic mass is 16.5. The number of ether oxygens (including phenoxy) is 1. The minimum absolute atomic E-state index is 0.0231. The number of aryl methyl sites for hydroxylation is 2. The molecular formula is C29H29NO6. The molecule has 0 radical (unpaired) electrons. The summed E-state index contributed by atoms with van der Waals surface area (Å²) in [6, 6.07) is 12.0. The van der Waals surface area contributed by atoms with Gasteiger partial charge in [-0.05, 0) is 50.3 Å². The van der Waals surface area contributed by atoms with Crippen LogP contribution in [0.15, 0.2) is 56.3 Å². The van der Waals surface area contributed by atoms with Gasteiger partial charge in [-0.2, -0.15) is 0 Å². The lowest BCUT2D eigenvalue weighted by Crippen LogP contribution is -2.40. The van der Waals surface area contributed by atoms with E-state index in [1.54, 1.807) is 11.2 Å². The Labute approximate surface area is 208 Å². The van der Waals surface area contributed by atoms with Crippen molar-refractivity contribution in [2.24, 2.45) is 5.92 Å². The molecule has 2 aromatic heterocycles. The summed E-state index contributed by atoms with van der Waals surface area (Å²) < 4.78 is 16.5. The summed E-state index contributed by atoms with van der Waals surface area (Å²) in [6.45, 7) is 4.84. The van der Waals surface area contributed by atoms with Crippen LogP contribution in [0.2, 0.25) is 0 Å². The molecular weight excluding hydrogens is 458 g/mol. The minimum Gasteiger partial charge on any atom is -0.469 e. The van der Waals surface area contributed by atoms with Gasteiger partial charge in [0, 0.05) is 47.0 Å². The van der Waals surface area contributed by atoms with Gasteiger partial charge in [0.15, 0.2) is 0 Å². The van der Waals surface area contributed by atoms with Crippen molar-refractivity contribution in [2.45, 2.75) is 39.5 Å². The number of rotatable bonds is 5. The number of hydrogen-bond donors (Lipinski definition) is 0. The van der Waals surface area contributed by atoms with Crippen molar-refractivity contribution in [3.05, 3.63) is 69.8 Å². The fourth-order valence-electron chi connectivity index (χ4n) is 5.25. The molecule has 0 unspecified atom stereocenters. The molecule has 0 N–H and O–H groups in total. The van der Waals surface area contributed by atoms with Gasteiger partial charge in [-0.25, -0.2) is 4.79 Å². The molecule has 0 saturated carbocycles. The fourth-order valence-corrected chi connectivity index (χ4v) is 5.25. The average Bonchev–Trinajstić information content (AvgIpc) is 3.34. The molecule has 7 nitrogen and oxygen atoms in total. The number of amides is 1. The monoisotopic (exact) mass is 487 g/mol. The summed E-state index contributed by atoms with van der Waals surface area (Å²) in [5.41, 5.74) is 4.93. The van der Waals surface area contributed by atoms with E-state index in [0.717, 1.165) is 33.0 Å². The van der Waals surface area contributed by atoms with E-state index in [4.69, 9.17) is 13.6 Å². The molecule has 0 atom stereocenters. The van der Waals surface area contributed by atoms with Crippen LogP contribution in [-0.2, 0) is 20.7 Å². The van der Waals surface area contributed by atoms with Crippen LogP contribution in [0.25, 0.3) is 33.1 Å². The summed E-state index contributed by atoms with van der Waals surface area (Å²) in [5.74, 6) is -0.397. The van der Waals surface area contributed by atoms with E-state index < -0.39 is 5.63 Å². The van der Waals surface area contributed by atoms with Crippen molar-refractivity contribution < 1.29 is 23.2 Å². The molecule has 1 aliphatic heterocycles. The quantitative estimate of drug-likeness (QED) is 0.285. The third kappa shape index (κ3) is 4.19. The van der Waals surface area contributed by atoms with E-state index in [1.165, 1.54) is 7.11 Å². The highest BCUT2D eigenvalue weighted by molar-refractivity contribution is 6.04. The first-order valence-electron chi connectivity index (χ1n) is 12.3. The van der Waals surface area contributed by atoms with Crippen molar-refractivity contribution in [2.75, 3.05) is 20.2 Å². The molecule has 4 aromatic rings. The van der Waals surface area contributed by atoms with Gasteiger partial charge in [-0.1, -0.05) is 30.3 Å². The van der Waals surface area contributed by atoms with Gasteiger partial charge in [0.2, 0.25) is 5.91 Å². The summed E-state index contributed by atoms with van der Waals surface area (Å²) >= 11 is 0. The number of carbonyl (C=O) groups excluding carboxylic acids is 2. The highest BCUT2D eigenvalue weighted by Crippen LogP contribution is 2.37. The Hall–Kier alpha value is -3.87. The van der Waals surface area contributed by atoms with Crippen LogP contribution in [0.3, 0.4) is 0 Å². The smallest absolute Gasteiger partial charge is 0.339 e.